The van der Waals surface area contributed by atoms with E-state index in [9.17, 15) is 15.2 Å². The minimum absolute atomic E-state index is 0.161. The third kappa shape index (κ3) is 3.49. The van der Waals surface area contributed by atoms with Crippen molar-refractivity contribution in [1.82, 2.24) is 14.9 Å². The Labute approximate surface area is 154 Å². The highest BCUT2D eigenvalue weighted by Crippen LogP contribution is 2.31. The fourth-order valence-corrected chi connectivity index (χ4v) is 2.74. The molecule has 10 heteroatoms. The van der Waals surface area contributed by atoms with Crippen LogP contribution in [0.25, 0.3) is 11.4 Å². The summed E-state index contributed by atoms with van der Waals surface area (Å²) >= 11 is 8.25. The van der Waals surface area contributed by atoms with Crippen molar-refractivity contribution in [2.24, 2.45) is 5.10 Å². The molecule has 0 unspecified atom stereocenters. The van der Waals surface area contributed by atoms with Gasteiger partial charge >= 0.3 is 0 Å². The lowest BCUT2D eigenvalue weighted by Gasteiger charge is -2.03. The smallest absolute Gasteiger partial charge is 0.271 e. The van der Waals surface area contributed by atoms with Gasteiger partial charge in [-0.2, -0.15) is 14.9 Å². The van der Waals surface area contributed by atoms with Gasteiger partial charge in [0.1, 0.15) is 5.75 Å². The normalized spacial score (nSPS) is 11.1. The number of H-pyrrole nitrogens is 1. The molecule has 1 heterocycles. The number of phenols is 1. The molecule has 0 saturated heterocycles. The van der Waals surface area contributed by atoms with Crippen LogP contribution in [0.2, 0.25) is 0 Å². The molecule has 0 radical (unpaired) electrons. The first-order valence-corrected chi connectivity index (χ1v) is 8.11. The highest BCUT2D eigenvalue weighted by Gasteiger charge is 2.14. The largest absolute Gasteiger partial charge is 0.506 e. The van der Waals surface area contributed by atoms with Crippen molar-refractivity contribution in [3.63, 3.8) is 0 Å². The maximum atomic E-state index is 11.0. The Morgan fingerprint density at radius 3 is 2.76 bits per heavy atom. The van der Waals surface area contributed by atoms with Crippen LogP contribution in [0.1, 0.15) is 5.56 Å². The molecule has 2 N–H and O–H groups in total. The van der Waals surface area contributed by atoms with Crippen LogP contribution in [0.3, 0.4) is 0 Å². The highest BCUT2D eigenvalue weighted by atomic mass is 79.9. The van der Waals surface area contributed by atoms with E-state index < -0.39 is 4.92 Å². The average Bonchev–Trinajstić information content (AvgIpc) is 2.97. The number of nitro groups is 1. The molecule has 0 fully saturated rings. The quantitative estimate of drug-likeness (QED) is 0.288. The van der Waals surface area contributed by atoms with Gasteiger partial charge in [-0.15, -0.1) is 0 Å². The van der Waals surface area contributed by atoms with Gasteiger partial charge in [0, 0.05) is 23.3 Å². The molecule has 0 aliphatic rings. The van der Waals surface area contributed by atoms with Crippen LogP contribution in [0.15, 0.2) is 52.0 Å². The number of aromatic hydroxyl groups is 1. The number of halogens is 1. The summed E-state index contributed by atoms with van der Waals surface area (Å²) in [6.45, 7) is 0. The van der Waals surface area contributed by atoms with Crippen LogP contribution in [-0.4, -0.2) is 31.1 Å². The number of non-ortho nitro benzene ring substituents is 1. The first kappa shape index (κ1) is 17.0. The zero-order chi connectivity index (χ0) is 18.0. The predicted molar refractivity (Wildman–Crippen MR) is 98.3 cm³/mol. The molecule has 0 spiro atoms. The van der Waals surface area contributed by atoms with Gasteiger partial charge in [0.25, 0.3) is 5.69 Å². The maximum absolute atomic E-state index is 11.0. The first-order valence-electron chi connectivity index (χ1n) is 6.91. The Balaban J connectivity index is 2.06. The average molecular weight is 420 g/mol. The lowest BCUT2D eigenvalue weighted by molar-refractivity contribution is -0.385. The summed E-state index contributed by atoms with van der Waals surface area (Å²) in [4.78, 5) is 10.4. The third-order valence-corrected chi connectivity index (χ3v) is 4.15. The summed E-state index contributed by atoms with van der Waals surface area (Å²) in [5.74, 6) is 0.316. The Hall–Kier alpha value is -2.85. The Bertz CT molecular complexity index is 1030. The van der Waals surface area contributed by atoms with Crippen LogP contribution in [-0.2, 0) is 0 Å². The van der Waals surface area contributed by atoms with E-state index in [1.54, 1.807) is 0 Å². The molecule has 0 aliphatic heterocycles. The van der Waals surface area contributed by atoms with E-state index in [0.29, 0.717) is 5.82 Å². The lowest BCUT2D eigenvalue weighted by Crippen LogP contribution is -1.96. The summed E-state index contributed by atoms with van der Waals surface area (Å²) in [5, 5.41) is 32.0. The molecule has 0 atom stereocenters. The predicted octanol–water partition coefficient (Wildman–Crippen LogP) is 3.87. The first-order chi connectivity index (χ1) is 12.0. The van der Waals surface area contributed by atoms with Crippen molar-refractivity contribution in [3.8, 4) is 17.1 Å². The van der Waals surface area contributed by atoms with Gasteiger partial charge in [0.15, 0.2) is 5.82 Å². The highest BCUT2D eigenvalue weighted by molar-refractivity contribution is 9.10. The molecule has 0 saturated carbocycles. The summed E-state index contributed by atoms with van der Waals surface area (Å²) in [5.41, 5.74) is 0.782. The van der Waals surface area contributed by atoms with Crippen molar-refractivity contribution in [2.45, 2.75) is 0 Å². The van der Waals surface area contributed by atoms with Gasteiger partial charge in [-0.05, 0) is 28.1 Å². The van der Waals surface area contributed by atoms with E-state index in [2.05, 4.69) is 31.2 Å². The molecule has 25 heavy (non-hydrogen) atoms. The number of hydrogen-bond donors (Lipinski definition) is 2. The second kappa shape index (κ2) is 6.95. The fourth-order valence-electron chi connectivity index (χ4n) is 2.10. The second-order valence-electron chi connectivity index (χ2n) is 4.90. The summed E-state index contributed by atoms with van der Waals surface area (Å²) < 4.78 is 1.82. The minimum atomic E-state index is -0.555. The van der Waals surface area contributed by atoms with Crippen molar-refractivity contribution in [2.75, 3.05) is 0 Å². The van der Waals surface area contributed by atoms with Crippen LogP contribution in [0.5, 0.6) is 5.75 Å². The zero-order valence-electron chi connectivity index (χ0n) is 12.5. The van der Waals surface area contributed by atoms with Crippen LogP contribution < -0.4 is 0 Å². The van der Waals surface area contributed by atoms with Crippen molar-refractivity contribution in [3.05, 3.63) is 67.4 Å². The van der Waals surface area contributed by atoms with E-state index in [0.717, 1.165) is 5.56 Å². The lowest BCUT2D eigenvalue weighted by atomic mass is 10.2. The standard InChI is InChI=1S/C15H10BrN5O3S/c16-12-7-11(21(23)24)6-10(13(12)22)8-17-20-14(18-19-15(20)25)9-4-2-1-3-5-9/h1-8,22H,(H,19,25). The third-order valence-electron chi connectivity index (χ3n) is 3.28. The molecule has 0 amide bonds. The number of nitrogens with zero attached hydrogens (tertiary/aromatic N) is 4. The Kier molecular flexibility index (Phi) is 4.72. The molecule has 3 aromatic rings. The number of phenolic OH excluding ortho intramolecular Hbond substituents is 1. The monoisotopic (exact) mass is 419 g/mol. The minimum Gasteiger partial charge on any atom is -0.506 e. The van der Waals surface area contributed by atoms with Gasteiger partial charge in [0.05, 0.1) is 15.6 Å². The molecule has 3 rings (SSSR count). The van der Waals surface area contributed by atoms with E-state index >= 15 is 0 Å². The van der Waals surface area contributed by atoms with Gasteiger partial charge in [-0.25, -0.2) is 5.10 Å². The van der Waals surface area contributed by atoms with Crippen molar-refractivity contribution in [1.29, 1.82) is 0 Å². The fraction of sp³-hybridized carbons (Fsp3) is 0. The number of benzene rings is 2. The number of nitro benzene ring substituents is 1. The Morgan fingerprint density at radius 2 is 2.08 bits per heavy atom. The number of rotatable bonds is 4. The molecule has 126 valence electrons. The summed E-state index contributed by atoms with van der Waals surface area (Å²) in [6.07, 6.45) is 1.28. The van der Waals surface area contributed by atoms with Crippen LogP contribution >= 0.6 is 28.1 Å². The topological polar surface area (TPSA) is 109 Å². The van der Waals surface area contributed by atoms with Crippen molar-refractivity contribution < 1.29 is 10.0 Å². The molecule has 0 bridgehead atoms. The molecule has 2 aromatic carbocycles. The molecular formula is C15H10BrN5O3S. The molecular weight excluding hydrogens is 410 g/mol. The van der Waals surface area contributed by atoms with E-state index in [4.69, 9.17) is 12.2 Å². The van der Waals surface area contributed by atoms with Gasteiger partial charge in [-0.3, -0.25) is 10.1 Å². The molecule has 8 nitrogen and oxygen atoms in total. The van der Waals surface area contributed by atoms with Crippen molar-refractivity contribution >= 4 is 40.0 Å². The second-order valence-corrected chi connectivity index (χ2v) is 6.14. The van der Waals surface area contributed by atoms with Crippen LogP contribution in [0, 0.1) is 14.9 Å². The SMILES string of the molecule is O=[N+]([O-])c1cc(Br)c(O)c(C=Nn2c(-c3ccccc3)n[nH]c2=S)c1. The van der Waals surface area contributed by atoms with Gasteiger partial charge in [0.2, 0.25) is 4.77 Å². The zero-order valence-corrected chi connectivity index (χ0v) is 14.9. The van der Waals surface area contributed by atoms with Gasteiger partial charge in [-0.1, -0.05) is 30.3 Å². The maximum Gasteiger partial charge on any atom is 0.271 e. The van der Waals surface area contributed by atoms with E-state index in [-0.39, 0.29) is 26.2 Å². The number of hydrogen-bond acceptors (Lipinski definition) is 6. The molecule has 0 aliphatic carbocycles. The molecule has 1 aromatic heterocycles. The Morgan fingerprint density at radius 1 is 1.36 bits per heavy atom. The van der Waals surface area contributed by atoms with E-state index in [1.807, 2.05) is 30.3 Å². The van der Waals surface area contributed by atoms with Crippen LogP contribution in [0.4, 0.5) is 5.69 Å². The number of aromatic nitrogens is 3. The summed E-state index contributed by atoms with van der Waals surface area (Å²) in [6, 6.07) is 11.7. The van der Waals surface area contributed by atoms with Gasteiger partial charge < -0.3 is 5.11 Å². The summed E-state index contributed by atoms with van der Waals surface area (Å²) in [7, 11) is 0. The number of nitrogens with one attached hydrogen (secondary N) is 1. The number of aromatic amines is 1. The van der Waals surface area contributed by atoms with E-state index in [1.165, 1.54) is 23.0 Å².